The Kier molecular flexibility index (Phi) is 4.08. The van der Waals surface area contributed by atoms with E-state index in [1.807, 2.05) is 6.92 Å². The van der Waals surface area contributed by atoms with E-state index in [4.69, 9.17) is 10.5 Å². The fraction of sp³-hybridized carbons (Fsp3) is 0.571. The molecule has 0 atom stereocenters. The van der Waals surface area contributed by atoms with Crippen LogP contribution in [0.3, 0.4) is 0 Å². The first-order chi connectivity index (χ1) is 8.54. The number of nitrogens with zero attached hydrogens (tertiary/aromatic N) is 1. The van der Waals surface area contributed by atoms with Gasteiger partial charge in [0.25, 0.3) is 5.56 Å². The van der Waals surface area contributed by atoms with Crippen molar-refractivity contribution in [1.82, 2.24) is 4.57 Å². The fourth-order valence-electron chi connectivity index (χ4n) is 1.83. The van der Waals surface area contributed by atoms with Crippen molar-refractivity contribution in [2.45, 2.75) is 53.7 Å². The molecule has 0 saturated heterocycles. The molecule has 0 bridgehead atoms. The summed E-state index contributed by atoms with van der Waals surface area (Å²) in [6.07, 6.45) is 0. The van der Waals surface area contributed by atoms with Gasteiger partial charge in [0.1, 0.15) is 17.8 Å². The monoisotopic (exact) mass is 266 g/mol. The summed E-state index contributed by atoms with van der Waals surface area (Å²) >= 11 is 0. The van der Waals surface area contributed by atoms with Gasteiger partial charge in [-0.05, 0) is 52.7 Å². The van der Waals surface area contributed by atoms with Gasteiger partial charge in [-0.3, -0.25) is 14.2 Å². The predicted octanol–water partition coefficient (Wildman–Crippen LogP) is 1.70. The first-order valence-corrected chi connectivity index (χ1v) is 6.22. The van der Waals surface area contributed by atoms with Crippen molar-refractivity contribution in [1.29, 1.82) is 0 Å². The van der Waals surface area contributed by atoms with Crippen molar-refractivity contribution in [3.05, 3.63) is 27.2 Å². The summed E-state index contributed by atoms with van der Waals surface area (Å²) in [4.78, 5) is 23.9. The predicted molar refractivity (Wildman–Crippen MR) is 75.2 cm³/mol. The third kappa shape index (κ3) is 3.36. The SMILES string of the molecule is Cc1c(C)c(C)n(CC(=O)OC(C)(C)C)c(=O)c1N. The summed E-state index contributed by atoms with van der Waals surface area (Å²) < 4.78 is 6.59. The van der Waals surface area contributed by atoms with Crippen molar-refractivity contribution >= 4 is 11.7 Å². The molecule has 1 heterocycles. The van der Waals surface area contributed by atoms with Gasteiger partial charge in [0.05, 0.1) is 0 Å². The largest absolute Gasteiger partial charge is 0.459 e. The molecule has 0 spiro atoms. The number of aromatic nitrogens is 1. The van der Waals surface area contributed by atoms with Gasteiger partial charge in [-0.1, -0.05) is 0 Å². The van der Waals surface area contributed by atoms with Crippen LogP contribution in [-0.2, 0) is 16.1 Å². The zero-order chi connectivity index (χ0) is 15.0. The molecule has 5 nitrogen and oxygen atoms in total. The zero-order valence-electron chi connectivity index (χ0n) is 12.5. The minimum atomic E-state index is -0.570. The van der Waals surface area contributed by atoms with Crippen molar-refractivity contribution in [3.8, 4) is 0 Å². The molecule has 0 radical (unpaired) electrons. The van der Waals surface area contributed by atoms with Crippen LogP contribution in [-0.4, -0.2) is 16.1 Å². The average Bonchev–Trinajstić information content (AvgIpc) is 2.27. The molecule has 1 rings (SSSR count). The minimum absolute atomic E-state index is 0.118. The maximum absolute atomic E-state index is 12.1. The highest BCUT2D eigenvalue weighted by Crippen LogP contribution is 2.15. The third-order valence-corrected chi connectivity index (χ3v) is 3.10. The highest BCUT2D eigenvalue weighted by molar-refractivity contribution is 5.70. The van der Waals surface area contributed by atoms with Gasteiger partial charge in [0.2, 0.25) is 0 Å². The molecule has 0 aliphatic carbocycles. The minimum Gasteiger partial charge on any atom is -0.459 e. The first kappa shape index (κ1) is 15.3. The van der Waals surface area contributed by atoms with Crippen LogP contribution in [0.1, 0.15) is 37.6 Å². The van der Waals surface area contributed by atoms with Gasteiger partial charge in [0, 0.05) is 5.69 Å². The highest BCUT2D eigenvalue weighted by atomic mass is 16.6. The van der Waals surface area contributed by atoms with Crippen LogP contribution in [0.2, 0.25) is 0 Å². The first-order valence-electron chi connectivity index (χ1n) is 6.22. The van der Waals surface area contributed by atoms with Gasteiger partial charge in [-0.25, -0.2) is 0 Å². The molecular formula is C14H22N2O3. The second-order valence-electron chi connectivity index (χ2n) is 5.73. The number of ether oxygens (including phenoxy) is 1. The van der Waals surface area contributed by atoms with Gasteiger partial charge >= 0.3 is 5.97 Å². The number of rotatable bonds is 2. The van der Waals surface area contributed by atoms with Crippen molar-refractivity contribution < 1.29 is 9.53 Å². The topological polar surface area (TPSA) is 74.3 Å². The van der Waals surface area contributed by atoms with Crippen molar-refractivity contribution in [3.63, 3.8) is 0 Å². The molecule has 0 aromatic carbocycles. The van der Waals surface area contributed by atoms with Crippen LogP contribution in [0.15, 0.2) is 4.79 Å². The molecule has 19 heavy (non-hydrogen) atoms. The number of pyridine rings is 1. The Morgan fingerprint density at radius 3 is 2.21 bits per heavy atom. The number of hydrogen-bond donors (Lipinski definition) is 1. The second-order valence-corrected chi connectivity index (χ2v) is 5.73. The van der Waals surface area contributed by atoms with E-state index in [0.29, 0.717) is 0 Å². The van der Waals surface area contributed by atoms with Gasteiger partial charge in [-0.2, -0.15) is 0 Å². The summed E-state index contributed by atoms with van der Waals surface area (Å²) in [6, 6.07) is 0. The molecule has 0 saturated carbocycles. The molecule has 0 fully saturated rings. The Hall–Kier alpha value is -1.78. The summed E-state index contributed by atoms with van der Waals surface area (Å²) in [5.74, 6) is -0.444. The lowest BCUT2D eigenvalue weighted by Gasteiger charge is -2.21. The van der Waals surface area contributed by atoms with Crippen LogP contribution in [0.5, 0.6) is 0 Å². The molecule has 0 unspecified atom stereocenters. The number of carbonyl (C=O) groups excluding carboxylic acids is 1. The fourth-order valence-corrected chi connectivity index (χ4v) is 1.83. The van der Waals surface area contributed by atoms with Crippen LogP contribution in [0.25, 0.3) is 0 Å². The molecule has 0 aliphatic heterocycles. The van der Waals surface area contributed by atoms with Gasteiger partial charge in [0.15, 0.2) is 0 Å². The average molecular weight is 266 g/mol. The van der Waals surface area contributed by atoms with Gasteiger partial charge in [-0.15, -0.1) is 0 Å². The van der Waals surface area contributed by atoms with E-state index >= 15 is 0 Å². The third-order valence-electron chi connectivity index (χ3n) is 3.10. The van der Waals surface area contributed by atoms with Crippen LogP contribution < -0.4 is 11.3 Å². The maximum Gasteiger partial charge on any atom is 0.326 e. The molecule has 0 amide bonds. The number of nitrogens with two attached hydrogens (primary N) is 1. The standard InChI is InChI=1S/C14H22N2O3/c1-8-9(2)12(15)13(18)16(10(8)3)7-11(17)19-14(4,5)6/h7,15H2,1-6H3. The van der Waals surface area contributed by atoms with Crippen molar-refractivity contribution in [2.75, 3.05) is 5.73 Å². The molecule has 1 aromatic rings. The van der Waals surface area contributed by atoms with E-state index in [0.717, 1.165) is 16.8 Å². The summed E-state index contributed by atoms with van der Waals surface area (Å²) in [5, 5.41) is 0. The van der Waals surface area contributed by atoms with E-state index in [1.54, 1.807) is 34.6 Å². The summed E-state index contributed by atoms with van der Waals surface area (Å²) in [6.45, 7) is 10.7. The van der Waals surface area contributed by atoms with E-state index in [1.165, 1.54) is 4.57 Å². The van der Waals surface area contributed by atoms with Crippen molar-refractivity contribution in [2.24, 2.45) is 0 Å². The molecular weight excluding hydrogens is 244 g/mol. The smallest absolute Gasteiger partial charge is 0.326 e. The number of esters is 1. The van der Waals surface area contributed by atoms with Crippen LogP contribution >= 0.6 is 0 Å². The number of carbonyl (C=O) groups is 1. The number of hydrogen-bond acceptors (Lipinski definition) is 4. The van der Waals surface area contributed by atoms with Crippen LogP contribution in [0.4, 0.5) is 5.69 Å². The molecule has 106 valence electrons. The molecule has 0 aliphatic rings. The molecule has 1 aromatic heterocycles. The Balaban J connectivity index is 3.17. The Morgan fingerprint density at radius 2 is 1.74 bits per heavy atom. The lowest BCUT2D eigenvalue weighted by atomic mass is 10.1. The van der Waals surface area contributed by atoms with Gasteiger partial charge < -0.3 is 10.5 Å². The highest BCUT2D eigenvalue weighted by Gasteiger charge is 2.19. The van der Waals surface area contributed by atoms with E-state index in [-0.39, 0.29) is 17.8 Å². The van der Waals surface area contributed by atoms with E-state index in [9.17, 15) is 9.59 Å². The second kappa shape index (κ2) is 5.07. The van der Waals surface area contributed by atoms with E-state index < -0.39 is 11.6 Å². The molecule has 2 N–H and O–H groups in total. The Labute approximate surface area is 113 Å². The summed E-state index contributed by atoms with van der Waals surface area (Å²) in [7, 11) is 0. The number of nitrogen functional groups attached to an aromatic ring is 1. The lowest BCUT2D eigenvalue weighted by Crippen LogP contribution is -2.33. The van der Waals surface area contributed by atoms with Crippen LogP contribution in [0, 0.1) is 20.8 Å². The van der Waals surface area contributed by atoms with E-state index in [2.05, 4.69) is 0 Å². The normalized spacial score (nSPS) is 11.5. The maximum atomic E-state index is 12.1. The Morgan fingerprint density at radius 1 is 1.21 bits per heavy atom. The molecule has 5 heteroatoms. The quantitative estimate of drug-likeness (QED) is 0.827. The Bertz CT molecular complexity index is 566. The number of anilines is 1. The lowest BCUT2D eigenvalue weighted by molar-refractivity contribution is -0.155. The zero-order valence-corrected chi connectivity index (χ0v) is 12.5. The summed E-state index contributed by atoms with van der Waals surface area (Å²) in [5.41, 5.74) is 7.47.